The van der Waals surface area contributed by atoms with E-state index >= 15 is 0 Å². The van der Waals surface area contributed by atoms with Gasteiger partial charge in [0.1, 0.15) is 12.1 Å². The average molecular weight is 346 g/mol. The molecule has 1 aliphatic rings. The predicted octanol–water partition coefficient (Wildman–Crippen LogP) is 2.18. The smallest absolute Gasteiger partial charge is 0.337 e. The molecule has 0 unspecified atom stereocenters. The number of amides is 1. The van der Waals surface area contributed by atoms with Crippen LogP contribution in [0.3, 0.4) is 0 Å². The van der Waals surface area contributed by atoms with E-state index in [-0.39, 0.29) is 25.1 Å². The number of nitrogens with zero attached hydrogens (tertiary/aromatic N) is 3. The maximum atomic E-state index is 12.5. The molecule has 0 radical (unpaired) electrons. The third-order valence-corrected chi connectivity index (χ3v) is 3.86. The minimum absolute atomic E-state index is 0.109. The molecule has 23 heavy (non-hydrogen) atoms. The number of fused-ring (bicyclic) bond motifs is 2. The van der Waals surface area contributed by atoms with Gasteiger partial charge in [-0.25, -0.2) is 4.98 Å². The van der Waals surface area contributed by atoms with Gasteiger partial charge in [-0.3, -0.25) is 14.0 Å². The van der Waals surface area contributed by atoms with Gasteiger partial charge in [-0.2, -0.15) is 13.2 Å². The third kappa shape index (κ3) is 3.17. The maximum Gasteiger partial charge on any atom is 0.397 e. The van der Waals surface area contributed by atoms with Crippen molar-refractivity contribution in [2.24, 2.45) is 0 Å². The molecule has 0 spiro atoms. The van der Waals surface area contributed by atoms with Crippen molar-refractivity contribution in [3.63, 3.8) is 0 Å². The first-order chi connectivity index (χ1) is 10.7. The van der Waals surface area contributed by atoms with E-state index in [1.165, 1.54) is 10.6 Å². The second kappa shape index (κ2) is 5.52. The Morgan fingerprint density at radius 1 is 1.35 bits per heavy atom. The zero-order valence-corrected chi connectivity index (χ0v) is 12.5. The van der Waals surface area contributed by atoms with Crippen molar-refractivity contribution in [1.82, 2.24) is 14.3 Å². The molecule has 122 valence electrons. The van der Waals surface area contributed by atoms with Crippen LogP contribution in [0, 0.1) is 0 Å². The molecule has 0 saturated carbocycles. The summed E-state index contributed by atoms with van der Waals surface area (Å²) in [5.41, 5.74) is 0.727. The summed E-state index contributed by atoms with van der Waals surface area (Å²) in [6.45, 7) is -0.0658. The number of hydrogen-bond donors (Lipinski definition) is 0. The van der Waals surface area contributed by atoms with Crippen LogP contribution < -0.4 is 5.56 Å². The summed E-state index contributed by atoms with van der Waals surface area (Å²) in [6, 6.07) is 3.18. The first-order valence-corrected chi connectivity index (χ1v) is 7.16. The number of halogens is 4. The highest BCUT2D eigenvalue weighted by Gasteiger charge is 2.35. The Kier molecular flexibility index (Phi) is 3.79. The van der Waals surface area contributed by atoms with E-state index in [9.17, 15) is 22.8 Å². The Morgan fingerprint density at radius 3 is 2.78 bits per heavy atom. The largest absolute Gasteiger partial charge is 0.397 e. The Labute approximate surface area is 133 Å². The Balaban J connectivity index is 1.97. The summed E-state index contributed by atoms with van der Waals surface area (Å²) in [4.78, 5) is 29.6. The molecule has 0 N–H and O–H groups in total. The molecule has 3 heterocycles. The van der Waals surface area contributed by atoms with Crippen molar-refractivity contribution < 1.29 is 18.0 Å². The number of rotatable bonds is 1. The zero-order chi connectivity index (χ0) is 16.8. The van der Waals surface area contributed by atoms with Crippen LogP contribution in [0.2, 0.25) is 5.02 Å². The molecule has 2 aromatic heterocycles. The molecule has 0 bridgehead atoms. The molecule has 3 rings (SSSR count). The lowest BCUT2D eigenvalue weighted by Crippen LogP contribution is -2.41. The molecule has 0 fully saturated rings. The standard InChI is InChI=1S/C14H11ClF3N3O2/c15-8-1-2-11-19-10-3-4-20(12(22)5-14(16,17)18)7-9(10)13(23)21(11)6-8/h1-2,6H,3-5,7H2. The van der Waals surface area contributed by atoms with Crippen LogP contribution in [-0.2, 0) is 17.8 Å². The van der Waals surface area contributed by atoms with Crippen LogP contribution in [0.15, 0.2) is 23.1 Å². The maximum absolute atomic E-state index is 12.5. The third-order valence-electron chi connectivity index (χ3n) is 3.64. The highest BCUT2D eigenvalue weighted by molar-refractivity contribution is 6.30. The van der Waals surface area contributed by atoms with E-state index in [0.29, 0.717) is 16.4 Å². The van der Waals surface area contributed by atoms with Gasteiger partial charge in [0.25, 0.3) is 5.56 Å². The molecular formula is C14H11ClF3N3O2. The number of hydrogen-bond acceptors (Lipinski definition) is 3. The molecule has 5 nitrogen and oxygen atoms in total. The Hall–Kier alpha value is -2.09. The first-order valence-electron chi connectivity index (χ1n) is 6.79. The van der Waals surface area contributed by atoms with E-state index in [2.05, 4.69) is 4.98 Å². The van der Waals surface area contributed by atoms with E-state index < -0.39 is 24.1 Å². The van der Waals surface area contributed by atoms with Crippen molar-refractivity contribution in [3.8, 4) is 0 Å². The molecule has 2 aromatic rings. The highest BCUT2D eigenvalue weighted by Crippen LogP contribution is 2.23. The van der Waals surface area contributed by atoms with Crippen LogP contribution >= 0.6 is 11.6 Å². The molecule has 1 aliphatic heterocycles. The van der Waals surface area contributed by atoms with Crippen LogP contribution in [0.25, 0.3) is 5.65 Å². The summed E-state index contributed by atoms with van der Waals surface area (Å²) in [7, 11) is 0. The van der Waals surface area contributed by atoms with Gasteiger partial charge < -0.3 is 4.90 Å². The molecular weight excluding hydrogens is 335 g/mol. The Bertz CT molecular complexity index is 848. The highest BCUT2D eigenvalue weighted by atomic mass is 35.5. The molecule has 0 saturated heterocycles. The van der Waals surface area contributed by atoms with Gasteiger partial charge in [0.2, 0.25) is 5.91 Å². The summed E-state index contributed by atoms with van der Waals surface area (Å²) < 4.78 is 38.3. The van der Waals surface area contributed by atoms with Gasteiger partial charge in [-0.1, -0.05) is 11.6 Å². The quantitative estimate of drug-likeness (QED) is 0.796. The second-order valence-electron chi connectivity index (χ2n) is 5.27. The fourth-order valence-corrected chi connectivity index (χ4v) is 2.73. The van der Waals surface area contributed by atoms with Gasteiger partial charge in [0, 0.05) is 19.2 Å². The van der Waals surface area contributed by atoms with Crippen LogP contribution in [0.4, 0.5) is 13.2 Å². The van der Waals surface area contributed by atoms with Crippen LogP contribution in [-0.4, -0.2) is 32.9 Å². The summed E-state index contributed by atoms with van der Waals surface area (Å²) in [5.74, 6) is -1.04. The number of alkyl halides is 3. The summed E-state index contributed by atoms with van der Waals surface area (Å²) in [6.07, 6.45) is -4.46. The molecule has 0 atom stereocenters. The van der Waals surface area contributed by atoms with E-state index in [1.807, 2.05) is 0 Å². The number of carbonyl (C=O) groups excluding carboxylic acids is 1. The fourth-order valence-electron chi connectivity index (χ4n) is 2.57. The van der Waals surface area contributed by atoms with Crippen LogP contribution in [0.1, 0.15) is 17.7 Å². The first kappa shape index (κ1) is 15.8. The van der Waals surface area contributed by atoms with E-state index in [0.717, 1.165) is 4.90 Å². The zero-order valence-electron chi connectivity index (χ0n) is 11.7. The summed E-state index contributed by atoms with van der Waals surface area (Å²) in [5, 5.41) is 0.335. The van der Waals surface area contributed by atoms with E-state index in [1.54, 1.807) is 12.1 Å². The predicted molar refractivity (Wildman–Crippen MR) is 76.3 cm³/mol. The molecule has 0 aliphatic carbocycles. The lowest BCUT2D eigenvalue weighted by molar-refractivity contribution is -0.162. The summed E-state index contributed by atoms with van der Waals surface area (Å²) >= 11 is 5.85. The van der Waals surface area contributed by atoms with E-state index in [4.69, 9.17) is 11.6 Å². The SMILES string of the molecule is O=C(CC(F)(F)F)N1CCc2nc3ccc(Cl)cn3c(=O)c2C1. The van der Waals surface area contributed by atoms with Crippen molar-refractivity contribution in [1.29, 1.82) is 0 Å². The molecule has 9 heteroatoms. The van der Waals surface area contributed by atoms with Crippen molar-refractivity contribution in [3.05, 3.63) is 45.0 Å². The van der Waals surface area contributed by atoms with Gasteiger partial charge in [0.15, 0.2) is 0 Å². The lowest BCUT2D eigenvalue weighted by Gasteiger charge is -2.28. The minimum atomic E-state index is -4.57. The van der Waals surface area contributed by atoms with Gasteiger partial charge in [-0.05, 0) is 12.1 Å². The number of carbonyl (C=O) groups is 1. The lowest BCUT2D eigenvalue weighted by atomic mass is 10.1. The monoisotopic (exact) mass is 345 g/mol. The van der Waals surface area contributed by atoms with Crippen molar-refractivity contribution >= 4 is 23.2 Å². The van der Waals surface area contributed by atoms with Gasteiger partial charge in [-0.15, -0.1) is 0 Å². The van der Waals surface area contributed by atoms with Gasteiger partial charge in [0.05, 0.1) is 22.8 Å². The van der Waals surface area contributed by atoms with Crippen LogP contribution in [0.5, 0.6) is 0 Å². The minimum Gasteiger partial charge on any atom is -0.337 e. The van der Waals surface area contributed by atoms with Crippen molar-refractivity contribution in [2.75, 3.05) is 6.54 Å². The second-order valence-corrected chi connectivity index (χ2v) is 5.71. The molecule has 0 aromatic carbocycles. The molecule has 1 amide bonds. The fraction of sp³-hybridized carbons (Fsp3) is 0.357. The number of pyridine rings is 1. The number of aromatic nitrogens is 2. The Morgan fingerprint density at radius 2 is 2.09 bits per heavy atom. The normalized spacial score (nSPS) is 14.9. The van der Waals surface area contributed by atoms with Gasteiger partial charge >= 0.3 is 6.18 Å². The topological polar surface area (TPSA) is 54.7 Å². The van der Waals surface area contributed by atoms with Crippen molar-refractivity contribution in [2.45, 2.75) is 25.6 Å². The average Bonchev–Trinajstić information content (AvgIpc) is 2.46.